The van der Waals surface area contributed by atoms with Crippen LogP contribution in [0, 0.1) is 0 Å². The quantitative estimate of drug-likeness (QED) is 0.908. The number of fused-ring (bicyclic) bond motifs is 1. The Bertz CT molecular complexity index is 775. The number of carboxylic acid groups (broad SMARTS) is 1. The van der Waals surface area contributed by atoms with Crippen LogP contribution in [0.2, 0.25) is 5.02 Å². The zero-order valence-corrected chi connectivity index (χ0v) is 11.9. The molecule has 7 heteroatoms. The van der Waals surface area contributed by atoms with Crippen LogP contribution in [-0.4, -0.2) is 23.8 Å². The second-order valence-corrected chi connectivity index (χ2v) is 4.90. The Hall–Kier alpha value is -2.73. The lowest BCUT2D eigenvalue weighted by Crippen LogP contribution is -2.16. The van der Waals surface area contributed by atoms with Crippen molar-refractivity contribution in [3.05, 3.63) is 52.5 Å². The molecule has 1 heterocycles. The number of hydrogen-bond acceptors (Lipinski definition) is 4. The second kappa shape index (κ2) is 5.57. The fourth-order valence-corrected chi connectivity index (χ4v) is 2.27. The molecule has 2 N–H and O–H groups in total. The first-order chi connectivity index (χ1) is 10.6. The van der Waals surface area contributed by atoms with Gasteiger partial charge in [0.2, 0.25) is 6.79 Å². The van der Waals surface area contributed by atoms with E-state index >= 15 is 0 Å². The number of carbonyl (C=O) groups excluding carboxylic acids is 1. The summed E-state index contributed by atoms with van der Waals surface area (Å²) in [6.45, 7) is 0.0882. The molecule has 0 saturated heterocycles. The van der Waals surface area contributed by atoms with Gasteiger partial charge in [-0.2, -0.15) is 0 Å². The van der Waals surface area contributed by atoms with Gasteiger partial charge < -0.3 is 19.9 Å². The van der Waals surface area contributed by atoms with Crippen LogP contribution < -0.4 is 14.8 Å². The zero-order valence-electron chi connectivity index (χ0n) is 11.1. The van der Waals surface area contributed by atoms with Gasteiger partial charge in [-0.25, -0.2) is 4.79 Å². The van der Waals surface area contributed by atoms with E-state index in [1.807, 2.05) is 0 Å². The largest absolute Gasteiger partial charge is 0.478 e. The summed E-state index contributed by atoms with van der Waals surface area (Å²) in [5.41, 5.74) is 0.275. The van der Waals surface area contributed by atoms with E-state index in [-0.39, 0.29) is 22.9 Å². The van der Waals surface area contributed by atoms with Gasteiger partial charge >= 0.3 is 5.97 Å². The molecule has 2 aromatic rings. The van der Waals surface area contributed by atoms with Crippen LogP contribution in [0.15, 0.2) is 36.4 Å². The number of hydrogen-bond donors (Lipinski definition) is 2. The maximum Gasteiger partial charge on any atom is 0.336 e. The number of ether oxygens (including phenoxy) is 2. The van der Waals surface area contributed by atoms with Gasteiger partial charge in [0.25, 0.3) is 5.91 Å². The molecule has 1 aliphatic rings. The van der Waals surface area contributed by atoms with Crippen molar-refractivity contribution in [3.8, 4) is 11.5 Å². The van der Waals surface area contributed by atoms with Crippen LogP contribution in [0.3, 0.4) is 0 Å². The van der Waals surface area contributed by atoms with E-state index in [2.05, 4.69) is 5.32 Å². The van der Waals surface area contributed by atoms with Crippen LogP contribution in [0.1, 0.15) is 20.7 Å². The first kappa shape index (κ1) is 14.2. The number of benzene rings is 2. The van der Waals surface area contributed by atoms with Crippen molar-refractivity contribution in [1.29, 1.82) is 0 Å². The molecule has 0 unspecified atom stereocenters. The highest BCUT2D eigenvalue weighted by Crippen LogP contribution is 2.39. The van der Waals surface area contributed by atoms with Crippen molar-refractivity contribution >= 4 is 29.2 Å². The molecule has 1 aliphatic heterocycles. The fraction of sp³-hybridized carbons (Fsp3) is 0.0667. The van der Waals surface area contributed by atoms with Gasteiger partial charge in [-0.05, 0) is 12.1 Å². The van der Waals surface area contributed by atoms with Gasteiger partial charge in [-0.15, -0.1) is 0 Å². The number of nitrogens with one attached hydrogen (secondary N) is 1. The first-order valence-electron chi connectivity index (χ1n) is 6.29. The Morgan fingerprint density at radius 3 is 2.41 bits per heavy atom. The van der Waals surface area contributed by atoms with Crippen molar-refractivity contribution in [2.24, 2.45) is 0 Å². The predicted octanol–water partition coefficient (Wildman–Crippen LogP) is 3.02. The van der Waals surface area contributed by atoms with Crippen molar-refractivity contribution in [2.75, 3.05) is 12.1 Å². The zero-order chi connectivity index (χ0) is 15.7. The molecule has 0 spiro atoms. The molecule has 0 saturated carbocycles. The summed E-state index contributed by atoms with van der Waals surface area (Å²) < 4.78 is 10.4. The Morgan fingerprint density at radius 2 is 1.73 bits per heavy atom. The third kappa shape index (κ3) is 2.56. The molecule has 0 bridgehead atoms. The minimum Gasteiger partial charge on any atom is -0.478 e. The standard InChI is InChI=1S/C15H10ClNO5/c16-10-5-12-13(22-7-21-12)6-11(10)17-14(18)8-3-1-2-4-9(8)15(19)20/h1-6H,7H2,(H,17,18)(H,19,20). The predicted molar refractivity (Wildman–Crippen MR) is 78.9 cm³/mol. The highest BCUT2D eigenvalue weighted by molar-refractivity contribution is 6.34. The van der Waals surface area contributed by atoms with Crippen LogP contribution in [0.5, 0.6) is 11.5 Å². The third-order valence-electron chi connectivity index (χ3n) is 3.11. The van der Waals surface area contributed by atoms with Crippen LogP contribution in [0.4, 0.5) is 5.69 Å². The third-order valence-corrected chi connectivity index (χ3v) is 3.43. The van der Waals surface area contributed by atoms with Crippen molar-refractivity contribution in [3.63, 3.8) is 0 Å². The van der Waals surface area contributed by atoms with E-state index < -0.39 is 11.9 Å². The second-order valence-electron chi connectivity index (χ2n) is 4.49. The molecule has 0 aromatic heterocycles. The lowest BCUT2D eigenvalue weighted by molar-refractivity contribution is 0.0692. The maximum atomic E-state index is 12.3. The monoisotopic (exact) mass is 319 g/mol. The number of amides is 1. The maximum absolute atomic E-state index is 12.3. The van der Waals surface area contributed by atoms with E-state index in [0.29, 0.717) is 17.2 Å². The van der Waals surface area contributed by atoms with Gasteiger partial charge in [-0.3, -0.25) is 4.79 Å². The summed E-state index contributed by atoms with van der Waals surface area (Å²) in [5.74, 6) is -0.790. The molecule has 0 aliphatic carbocycles. The molecule has 0 radical (unpaired) electrons. The Morgan fingerprint density at radius 1 is 1.09 bits per heavy atom. The number of carbonyl (C=O) groups is 2. The Balaban J connectivity index is 1.91. The van der Waals surface area contributed by atoms with E-state index in [1.165, 1.54) is 24.3 Å². The lowest BCUT2D eigenvalue weighted by atomic mass is 10.1. The van der Waals surface area contributed by atoms with Gasteiger partial charge in [0, 0.05) is 12.1 Å². The van der Waals surface area contributed by atoms with Gasteiger partial charge in [-0.1, -0.05) is 23.7 Å². The first-order valence-corrected chi connectivity index (χ1v) is 6.67. The minimum atomic E-state index is -1.18. The number of aromatic carboxylic acids is 1. The molecule has 22 heavy (non-hydrogen) atoms. The topological polar surface area (TPSA) is 84.9 Å². The number of rotatable bonds is 3. The number of halogens is 1. The molecular formula is C15H10ClNO5. The van der Waals surface area contributed by atoms with Gasteiger partial charge in [0.15, 0.2) is 11.5 Å². The van der Waals surface area contributed by atoms with Crippen LogP contribution >= 0.6 is 11.6 Å². The van der Waals surface area contributed by atoms with E-state index in [4.69, 9.17) is 26.2 Å². The fourth-order valence-electron chi connectivity index (χ4n) is 2.07. The molecular weight excluding hydrogens is 310 g/mol. The summed E-state index contributed by atoms with van der Waals surface area (Å²) in [7, 11) is 0. The molecule has 0 atom stereocenters. The molecule has 2 aromatic carbocycles. The number of anilines is 1. The molecule has 3 rings (SSSR count). The van der Waals surface area contributed by atoms with Crippen molar-refractivity contribution in [2.45, 2.75) is 0 Å². The van der Waals surface area contributed by atoms with E-state index in [0.717, 1.165) is 0 Å². The molecule has 0 fully saturated rings. The normalized spacial score (nSPS) is 12.0. The van der Waals surface area contributed by atoms with Gasteiger partial charge in [0.05, 0.1) is 21.8 Å². The van der Waals surface area contributed by atoms with Crippen LogP contribution in [-0.2, 0) is 0 Å². The smallest absolute Gasteiger partial charge is 0.336 e. The Kier molecular flexibility index (Phi) is 3.60. The summed E-state index contributed by atoms with van der Waals surface area (Å²) >= 11 is 6.08. The molecule has 6 nitrogen and oxygen atoms in total. The number of carboxylic acids is 1. The molecule has 112 valence electrons. The molecule has 1 amide bonds. The SMILES string of the molecule is O=C(O)c1ccccc1C(=O)Nc1cc2c(cc1Cl)OCO2. The summed E-state index contributed by atoms with van der Waals surface area (Å²) in [6, 6.07) is 8.99. The van der Waals surface area contributed by atoms with Gasteiger partial charge in [0.1, 0.15) is 0 Å². The lowest BCUT2D eigenvalue weighted by Gasteiger charge is -2.10. The summed E-state index contributed by atoms with van der Waals surface area (Å²) in [5, 5.41) is 12.0. The highest BCUT2D eigenvalue weighted by atomic mass is 35.5. The van der Waals surface area contributed by atoms with E-state index in [9.17, 15) is 9.59 Å². The Labute approximate surface area is 130 Å². The average Bonchev–Trinajstić information content (AvgIpc) is 2.94. The van der Waals surface area contributed by atoms with Crippen molar-refractivity contribution < 1.29 is 24.2 Å². The summed E-state index contributed by atoms with van der Waals surface area (Å²) in [4.78, 5) is 23.4. The van der Waals surface area contributed by atoms with E-state index in [1.54, 1.807) is 12.1 Å². The average molecular weight is 320 g/mol. The minimum absolute atomic E-state index is 0.0451. The van der Waals surface area contributed by atoms with Crippen LogP contribution in [0.25, 0.3) is 0 Å². The summed E-state index contributed by atoms with van der Waals surface area (Å²) in [6.07, 6.45) is 0. The highest BCUT2D eigenvalue weighted by Gasteiger charge is 2.20. The van der Waals surface area contributed by atoms with Crippen molar-refractivity contribution in [1.82, 2.24) is 0 Å².